The van der Waals surface area contributed by atoms with Crippen molar-refractivity contribution in [2.75, 3.05) is 28.6 Å². The zero-order valence-electron chi connectivity index (χ0n) is 18.9. The molecule has 1 saturated heterocycles. The molecular weight excluding hydrogens is 398 g/mol. The molecule has 1 aromatic heterocycles. The van der Waals surface area contributed by atoms with Crippen molar-refractivity contribution in [2.45, 2.75) is 58.3 Å². The number of aromatic nitrogens is 2. The predicted molar refractivity (Wildman–Crippen MR) is 127 cm³/mol. The number of hydrogen-bond donors (Lipinski definition) is 2. The van der Waals surface area contributed by atoms with E-state index in [2.05, 4.69) is 26.6 Å². The molecule has 2 heterocycles. The second-order valence-corrected chi connectivity index (χ2v) is 10.7. The van der Waals surface area contributed by atoms with Crippen molar-refractivity contribution < 1.29 is 4.79 Å². The number of rotatable bonds is 5. The van der Waals surface area contributed by atoms with Gasteiger partial charge in [0.1, 0.15) is 5.82 Å². The van der Waals surface area contributed by atoms with E-state index >= 15 is 0 Å². The molecule has 7 rings (SSSR count). The van der Waals surface area contributed by atoms with Crippen molar-refractivity contribution in [1.29, 1.82) is 0 Å². The molecule has 0 radical (unpaired) electrons. The molecule has 0 spiro atoms. The first-order valence-corrected chi connectivity index (χ1v) is 12.3. The lowest BCUT2D eigenvalue weighted by Gasteiger charge is -2.55. The van der Waals surface area contributed by atoms with Crippen LogP contribution in [-0.4, -0.2) is 29.0 Å². The van der Waals surface area contributed by atoms with Gasteiger partial charge in [0.2, 0.25) is 11.9 Å². The molecule has 2 N–H and O–H groups in total. The second-order valence-electron chi connectivity index (χ2n) is 10.7. The summed E-state index contributed by atoms with van der Waals surface area (Å²) in [6, 6.07) is 10.0. The SMILES string of the molecule is Cc1cc(N2CCCC2)nc(Nc2ccc(NC(=O)C34CC5CC(CC(C5)C3)C4)cc2)n1. The summed E-state index contributed by atoms with van der Waals surface area (Å²) in [5, 5.41) is 6.58. The number of benzene rings is 1. The summed E-state index contributed by atoms with van der Waals surface area (Å²) in [5.74, 6) is 4.19. The second kappa shape index (κ2) is 7.75. The maximum absolute atomic E-state index is 13.3. The molecule has 1 aliphatic heterocycles. The van der Waals surface area contributed by atoms with Crippen molar-refractivity contribution in [3.63, 3.8) is 0 Å². The van der Waals surface area contributed by atoms with Crippen molar-refractivity contribution >= 4 is 29.0 Å². The molecule has 4 saturated carbocycles. The Kier molecular flexibility index (Phi) is 4.85. The highest BCUT2D eigenvalue weighted by Gasteiger charge is 2.54. The van der Waals surface area contributed by atoms with Gasteiger partial charge in [-0.25, -0.2) is 4.98 Å². The van der Waals surface area contributed by atoms with Crippen LogP contribution in [0.3, 0.4) is 0 Å². The first-order valence-electron chi connectivity index (χ1n) is 12.3. The zero-order valence-corrected chi connectivity index (χ0v) is 18.9. The average molecular weight is 432 g/mol. The van der Waals surface area contributed by atoms with Gasteiger partial charge in [-0.2, -0.15) is 4.98 Å². The van der Waals surface area contributed by atoms with Gasteiger partial charge in [0.05, 0.1) is 5.41 Å². The van der Waals surface area contributed by atoms with Crippen molar-refractivity contribution in [3.05, 3.63) is 36.0 Å². The van der Waals surface area contributed by atoms with Crippen LogP contribution in [0.4, 0.5) is 23.1 Å². The van der Waals surface area contributed by atoms with Crippen LogP contribution in [0.5, 0.6) is 0 Å². The van der Waals surface area contributed by atoms with Crippen LogP contribution in [0.25, 0.3) is 0 Å². The average Bonchev–Trinajstić information content (AvgIpc) is 3.29. The Labute approximate surface area is 190 Å². The largest absolute Gasteiger partial charge is 0.356 e. The van der Waals surface area contributed by atoms with E-state index in [1.807, 2.05) is 31.2 Å². The van der Waals surface area contributed by atoms with E-state index in [0.717, 1.165) is 73.0 Å². The highest BCUT2D eigenvalue weighted by molar-refractivity contribution is 5.95. The van der Waals surface area contributed by atoms with Gasteiger partial charge in [0, 0.05) is 36.2 Å². The van der Waals surface area contributed by atoms with E-state index in [-0.39, 0.29) is 11.3 Å². The van der Waals surface area contributed by atoms with Crippen molar-refractivity contribution in [1.82, 2.24) is 9.97 Å². The van der Waals surface area contributed by atoms with Gasteiger partial charge >= 0.3 is 0 Å². The third-order valence-electron chi connectivity index (χ3n) is 8.19. The molecule has 4 aliphatic carbocycles. The summed E-state index contributed by atoms with van der Waals surface area (Å²) >= 11 is 0. The number of amides is 1. The third kappa shape index (κ3) is 3.74. The number of carbonyl (C=O) groups is 1. The standard InChI is InChI=1S/C26H33N5O/c1-17-10-23(31-8-2-3-9-31)30-25(27-17)29-22-6-4-21(5-7-22)28-24(32)26-14-18-11-19(15-26)13-20(12-18)16-26/h4-7,10,18-20H,2-3,8-9,11-16H2,1H3,(H,28,32)(H,27,29,30). The summed E-state index contributed by atoms with van der Waals surface area (Å²) in [5.41, 5.74) is 2.64. The lowest BCUT2D eigenvalue weighted by Crippen LogP contribution is -2.51. The monoisotopic (exact) mass is 431 g/mol. The molecule has 32 heavy (non-hydrogen) atoms. The summed E-state index contributed by atoms with van der Waals surface area (Å²) < 4.78 is 0. The maximum Gasteiger partial charge on any atom is 0.230 e. The van der Waals surface area contributed by atoms with Gasteiger partial charge in [-0.15, -0.1) is 0 Å². The van der Waals surface area contributed by atoms with E-state index < -0.39 is 0 Å². The molecule has 1 amide bonds. The summed E-state index contributed by atoms with van der Waals surface area (Å²) in [6.07, 6.45) is 9.79. The number of hydrogen-bond acceptors (Lipinski definition) is 5. The fraction of sp³-hybridized carbons (Fsp3) is 0.577. The summed E-state index contributed by atoms with van der Waals surface area (Å²) in [4.78, 5) is 24.9. The third-order valence-corrected chi connectivity index (χ3v) is 8.19. The Hall–Kier alpha value is -2.63. The zero-order chi connectivity index (χ0) is 21.7. The Bertz CT molecular complexity index is 976. The molecule has 4 bridgehead atoms. The minimum absolute atomic E-state index is 0.118. The normalized spacial score (nSPS) is 30.5. The minimum atomic E-state index is -0.118. The molecule has 1 aromatic carbocycles. The van der Waals surface area contributed by atoms with Gasteiger partial charge in [-0.3, -0.25) is 4.79 Å². The van der Waals surface area contributed by atoms with Crippen molar-refractivity contribution in [3.8, 4) is 0 Å². The fourth-order valence-electron chi connectivity index (χ4n) is 7.13. The van der Waals surface area contributed by atoms with Crippen LogP contribution < -0.4 is 15.5 Å². The van der Waals surface area contributed by atoms with Crippen LogP contribution in [0.1, 0.15) is 57.1 Å². The van der Waals surface area contributed by atoms with Crippen molar-refractivity contribution in [2.24, 2.45) is 23.2 Å². The number of aryl methyl sites for hydroxylation is 1. The number of nitrogens with one attached hydrogen (secondary N) is 2. The van der Waals surface area contributed by atoms with Crippen LogP contribution in [0, 0.1) is 30.1 Å². The van der Waals surface area contributed by atoms with E-state index in [9.17, 15) is 4.79 Å². The van der Waals surface area contributed by atoms with E-state index in [0.29, 0.717) is 5.95 Å². The number of nitrogens with zero attached hydrogens (tertiary/aromatic N) is 3. The first-order chi connectivity index (χ1) is 15.5. The summed E-state index contributed by atoms with van der Waals surface area (Å²) in [7, 11) is 0. The number of anilines is 4. The molecule has 6 heteroatoms. The minimum Gasteiger partial charge on any atom is -0.356 e. The Balaban J connectivity index is 1.13. The van der Waals surface area contributed by atoms with Gasteiger partial charge in [-0.05, 0) is 100 Å². The van der Waals surface area contributed by atoms with Crippen LogP contribution in [0.2, 0.25) is 0 Å². The topological polar surface area (TPSA) is 70.2 Å². The predicted octanol–water partition coefficient (Wildman–Crippen LogP) is 5.28. The molecule has 168 valence electrons. The smallest absolute Gasteiger partial charge is 0.230 e. The molecule has 0 atom stereocenters. The van der Waals surface area contributed by atoms with Crippen LogP contribution in [-0.2, 0) is 4.79 Å². The van der Waals surface area contributed by atoms with E-state index in [1.54, 1.807) is 0 Å². The summed E-state index contributed by atoms with van der Waals surface area (Å²) in [6.45, 7) is 4.14. The quantitative estimate of drug-likeness (QED) is 0.674. The van der Waals surface area contributed by atoms with Crippen LogP contribution >= 0.6 is 0 Å². The van der Waals surface area contributed by atoms with Gasteiger partial charge in [-0.1, -0.05) is 0 Å². The van der Waals surface area contributed by atoms with Crippen LogP contribution in [0.15, 0.2) is 30.3 Å². The lowest BCUT2D eigenvalue weighted by molar-refractivity contribution is -0.140. The first kappa shape index (κ1) is 20.0. The maximum atomic E-state index is 13.3. The van der Waals surface area contributed by atoms with E-state index in [4.69, 9.17) is 4.98 Å². The Morgan fingerprint density at radius 3 is 2.16 bits per heavy atom. The lowest BCUT2D eigenvalue weighted by atomic mass is 9.49. The van der Waals surface area contributed by atoms with E-state index in [1.165, 1.54) is 32.1 Å². The fourth-order valence-corrected chi connectivity index (χ4v) is 7.13. The molecule has 0 unspecified atom stereocenters. The Morgan fingerprint density at radius 1 is 0.938 bits per heavy atom. The Morgan fingerprint density at radius 2 is 1.53 bits per heavy atom. The molecular formula is C26H33N5O. The highest BCUT2D eigenvalue weighted by Crippen LogP contribution is 2.60. The molecule has 2 aromatic rings. The number of carbonyl (C=O) groups excluding carboxylic acids is 1. The molecule has 5 fully saturated rings. The molecule has 6 nitrogen and oxygen atoms in total. The van der Waals surface area contributed by atoms with Gasteiger partial charge < -0.3 is 15.5 Å². The van der Waals surface area contributed by atoms with Gasteiger partial charge in [0.15, 0.2) is 0 Å². The van der Waals surface area contributed by atoms with Gasteiger partial charge in [0.25, 0.3) is 0 Å². The highest BCUT2D eigenvalue weighted by atomic mass is 16.2. The molecule has 5 aliphatic rings.